The average Bonchev–Trinajstić information content (AvgIpc) is 2.09. The Hall–Kier alpha value is -1.50. The number of aromatic hydroxyl groups is 1. The van der Waals surface area contributed by atoms with Gasteiger partial charge in [0.2, 0.25) is 0 Å². The topological polar surface area (TPSA) is 20.2 Å². The lowest BCUT2D eigenvalue weighted by molar-refractivity contribution is 0.474. The van der Waals surface area contributed by atoms with Crippen molar-refractivity contribution in [2.24, 2.45) is 0 Å². The lowest BCUT2D eigenvalue weighted by atomic mass is 10.1. The van der Waals surface area contributed by atoms with Gasteiger partial charge in [-0.2, -0.15) is 0 Å². The van der Waals surface area contributed by atoms with E-state index in [1.165, 1.54) is 0 Å². The van der Waals surface area contributed by atoms with Crippen LogP contribution in [0.1, 0.15) is 18.1 Å². The Balaban J connectivity index is 3.28. The SMILES string of the molecule is C=Cc1cccc(O)c1C=CC. The number of benzene rings is 1. The number of allylic oxidation sites excluding steroid dienone is 1. The molecule has 0 bridgehead atoms. The van der Waals surface area contributed by atoms with Crippen LogP contribution in [0.15, 0.2) is 30.9 Å². The zero-order valence-electron chi connectivity index (χ0n) is 7.12. The predicted molar refractivity (Wildman–Crippen MR) is 52.9 cm³/mol. The summed E-state index contributed by atoms with van der Waals surface area (Å²) >= 11 is 0. The second-order valence-corrected chi connectivity index (χ2v) is 2.48. The molecule has 0 amide bonds. The van der Waals surface area contributed by atoms with Crippen LogP contribution < -0.4 is 0 Å². The van der Waals surface area contributed by atoms with E-state index in [-0.39, 0.29) is 0 Å². The summed E-state index contributed by atoms with van der Waals surface area (Å²) in [4.78, 5) is 0. The van der Waals surface area contributed by atoms with E-state index in [0.717, 1.165) is 11.1 Å². The van der Waals surface area contributed by atoms with Crippen LogP contribution in [-0.4, -0.2) is 5.11 Å². The van der Waals surface area contributed by atoms with Crippen LogP contribution in [0.5, 0.6) is 5.75 Å². The maximum Gasteiger partial charge on any atom is 0.123 e. The third kappa shape index (κ3) is 1.56. The van der Waals surface area contributed by atoms with Crippen LogP contribution in [0.3, 0.4) is 0 Å². The molecule has 0 saturated heterocycles. The molecule has 62 valence electrons. The lowest BCUT2D eigenvalue weighted by Gasteiger charge is -2.02. The van der Waals surface area contributed by atoms with E-state index in [1.54, 1.807) is 18.2 Å². The van der Waals surface area contributed by atoms with Gasteiger partial charge in [-0.3, -0.25) is 0 Å². The van der Waals surface area contributed by atoms with Crippen molar-refractivity contribution in [3.05, 3.63) is 42.0 Å². The molecule has 1 aromatic carbocycles. The maximum absolute atomic E-state index is 9.45. The molecule has 1 aromatic rings. The normalized spacial score (nSPS) is 10.4. The second-order valence-electron chi connectivity index (χ2n) is 2.48. The molecule has 0 aliphatic carbocycles. The molecule has 1 rings (SSSR count). The van der Waals surface area contributed by atoms with Gasteiger partial charge in [0.1, 0.15) is 5.75 Å². The van der Waals surface area contributed by atoms with Gasteiger partial charge >= 0.3 is 0 Å². The molecule has 0 aliphatic heterocycles. The van der Waals surface area contributed by atoms with E-state index in [9.17, 15) is 5.11 Å². The number of phenols is 1. The van der Waals surface area contributed by atoms with Crippen molar-refractivity contribution < 1.29 is 5.11 Å². The minimum absolute atomic E-state index is 0.297. The Kier molecular flexibility index (Phi) is 2.70. The molecule has 1 N–H and O–H groups in total. The monoisotopic (exact) mass is 160 g/mol. The lowest BCUT2D eigenvalue weighted by Crippen LogP contribution is -1.80. The van der Waals surface area contributed by atoms with Crippen LogP contribution in [0.4, 0.5) is 0 Å². The molecule has 0 heterocycles. The molecule has 0 atom stereocenters. The van der Waals surface area contributed by atoms with Crippen molar-refractivity contribution in [3.63, 3.8) is 0 Å². The molecule has 1 heteroatoms. The highest BCUT2D eigenvalue weighted by Gasteiger charge is 1.99. The van der Waals surface area contributed by atoms with Gasteiger partial charge in [0, 0.05) is 5.56 Å². The van der Waals surface area contributed by atoms with Gasteiger partial charge in [0.25, 0.3) is 0 Å². The zero-order chi connectivity index (χ0) is 8.97. The van der Waals surface area contributed by atoms with Gasteiger partial charge < -0.3 is 5.11 Å². The van der Waals surface area contributed by atoms with E-state index in [2.05, 4.69) is 6.58 Å². The molecule has 1 nitrogen and oxygen atoms in total. The Morgan fingerprint density at radius 1 is 1.42 bits per heavy atom. The Morgan fingerprint density at radius 3 is 2.75 bits per heavy atom. The van der Waals surface area contributed by atoms with Crippen molar-refractivity contribution in [1.82, 2.24) is 0 Å². The van der Waals surface area contributed by atoms with Crippen molar-refractivity contribution in [3.8, 4) is 5.75 Å². The molecule has 12 heavy (non-hydrogen) atoms. The minimum atomic E-state index is 0.297. The van der Waals surface area contributed by atoms with Crippen molar-refractivity contribution in [2.45, 2.75) is 6.92 Å². The van der Waals surface area contributed by atoms with Gasteiger partial charge in [-0.1, -0.05) is 36.9 Å². The Labute approximate surface area is 72.7 Å². The van der Waals surface area contributed by atoms with Crippen LogP contribution in [0.2, 0.25) is 0 Å². The summed E-state index contributed by atoms with van der Waals surface area (Å²) in [6, 6.07) is 5.39. The smallest absolute Gasteiger partial charge is 0.123 e. The van der Waals surface area contributed by atoms with Gasteiger partial charge in [-0.05, 0) is 18.6 Å². The number of phenolic OH excluding ortho intramolecular Hbond substituents is 1. The van der Waals surface area contributed by atoms with Gasteiger partial charge in [0.05, 0.1) is 0 Å². The fourth-order valence-electron chi connectivity index (χ4n) is 1.10. The van der Waals surface area contributed by atoms with E-state index in [1.807, 2.05) is 25.1 Å². The maximum atomic E-state index is 9.45. The number of hydrogen-bond donors (Lipinski definition) is 1. The molecule has 0 unspecified atom stereocenters. The van der Waals surface area contributed by atoms with Crippen LogP contribution >= 0.6 is 0 Å². The fourth-order valence-corrected chi connectivity index (χ4v) is 1.10. The molecular formula is C11H12O. The highest BCUT2D eigenvalue weighted by Crippen LogP contribution is 2.23. The van der Waals surface area contributed by atoms with Gasteiger partial charge in [-0.15, -0.1) is 0 Å². The highest BCUT2D eigenvalue weighted by molar-refractivity contribution is 5.68. The predicted octanol–water partition coefficient (Wildman–Crippen LogP) is 3.07. The number of hydrogen-bond acceptors (Lipinski definition) is 1. The molecular weight excluding hydrogens is 148 g/mol. The van der Waals surface area contributed by atoms with E-state index in [4.69, 9.17) is 0 Å². The van der Waals surface area contributed by atoms with E-state index < -0.39 is 0 Å². The quantitative estimate of drug-likeness (QED) is 0.704. The van der Waals surface area contributed by atoms with Gasteiger partial charge in [0.15, 0.2) is 0 Å². The standard InChI is InChI=1S/C11H12O/c1-3-6-10-9(4-2)7-5-8-11(10)12/h3-8,12H,2H2,1H3. The van der Waals surface area contributed by atoms with Crippen molar-refractivity contribution in [2.75, 3.05) is 0 Å². The Bertz CT molecular complexity index is 311. The van der Waals surface area contributed by atoms with Crippen LogP contribution in [0.25, 0.3) is 12.2 Å². The Morgan fingerprint density at radius 2 is 2.17 bits per heavy atom. The van der Waals surface area contributed by atoms with Crippen LogP contribution in [-0.2, 0) is 0 Å². The summed E-state index contributed by atoms with van der Waals surface area (Å²) in [6.45, 7) is 5.59. The zero-order valence-corrected chi connectivity index (χ0v) is 7.12. The summed E-state index contributed by atoms with van der Waals surface area (Å²) in [5.41, 5.74) is 1.78. The average molecular weight is 160 g/mol. The number of rotatable bonds is 2. The fraction of sp³-hybridized carbons (Fsp3) is 0.0909. The molecule has 0 radical (unpaired) electrons. The first-order valence-electron chi connectivity index (χ1n) is 3.86. The van der Waals surface area contributed by atoms with Gasteiger partial charge in [-0.25, -0.2) is 0 Å². The van der Waals surface area contributed by atoms with E-state index in [0.29, 0.717) is 5.75 Å². The minimum Gasteiger partial charge on any atom is -0.507 e. The molecule has 0 saturated carbocycles. The first-order chi connectivity index (χ1) is 5.79. The van der Waals surface area contributed by atoms with E-state index >= 15 is 0 Å². The molecule has 0 aliphatic rings. The summed E-state index contributed by atoms with van der Waals surface area (Å²) in [5.74, 6) is 0.297. The highest BCUT2D eigenvalue weighted by atomic mass is 16.3. The van der Waals surface area contributed by atoms with Crippen molar-refractivity contribution in [1.29, 1.82) is 0 Å². The molecule has 0 fully saturated rings. The first kappa shape index (κ1) is 8.60. The molecule has 0 spiro atoms. The summed E-state index contributed by atoms with van der Waals surface area (Å²) < 4.78 is 0. The first-order valence-corrected chi connectivity index (χ1v) is 3.86. The van der Waals surface area contributed by atoms with Crippen LogP contribution in [0, 0.1) is 0 Å². The molecule has 0 aromatic heterocycles. The summed E-state index contributed by atoms with van der Waals surface area (Å²) in [6.07, 6.45) is 5.49. The largest absolute Gasteiger partial charge is 0.507 e. The third-order valence-corrected chi connectivity index (χ3v) is 1.67. The van der Waals surface area contributed by atoms with Crippen molar-refractivity contribution >= 4 is 12.2 Å². The second kappa shape index (κ2) is 3.77. The third-order valence-electron chi connectivity index (χ3n) is 1.67. The summed E-state index contributed by atoms with van der Waals surface area (Å²) in [5, 5.41) is 9.45. The summed E-state index contributed by atoms with van der Waals surface area (Å²) in [7, 11) is 0.